The molecule has 8 aromatic rings. The predicted octanol–water partition coefficient (Wildman–Crippen LogP) is 10.5. The molecule has 1 aliphatic rings. The van der Waals surface area contributed by atoms with Crippen LogP contribution in [0.25, 0.3) is 67.1 Å². The summed E-state index contributed by atoms with van der Waals surface area (Å²) in [6.07, 6.45) is 5.18. The maximum atomic E-state index is 14.7. The highest BCUT2D eigenvalue weighted by molar-refractivity contribution is 5.99. The Balaban J connectivity index is 0.000000208. The molecule has 0 spiro atoms. The minimum Gasteiger partial charge on any atom is -0.341 e. The molecular weight excluding hydrogens is 831 g/mol. The number of carbonyl (C=O) groups is 2. The molecule has 3 heterocycles. The Hall–Kier alpha value is -7.82. The van der Waals surface area contributed by atoms with E-state index in [1.54, 1.807) is 36.4 Å². The molecule has 1 aliphatic heterocycles. The minimum atomic E-state index is -0.730. The molecule has 328 valence electrons. The van der Waals surface area contributed by atoms with Crippen LogP contribution in [0.2, 0.25) is 0 Å². The number of halogens is 4. The van der Waals surface area contributed by atoms with Crippen molar-refractivity contribution in [1.29, 1.82) is 0 Å². The van der Waals surface area contributed by atoms with Crippen molar-refractivity contribution in [3.8, 4) is 57.4 Å². The lowest BCUT2D eigenvalue weighted by Gasteiger charge is -2.32. The fourth-order valence-electron chi connectivity index (χ4n) is 7.14. The summed E-state index contributed by atoms with van der Waals surface area (Å²) in [5.74, 6) is -0.781. The largest absolute Gasteiger partial charge is 0.341 e. The number of terminal acetylenes is 1. The molecule has 0 atom stereocenters. The van der Waals surface area contributed by atoms with Crippen LogP contribution in [-0.2, 0) is 0 Å². The van der Waals surface area contributed by atoms with E-state index in [0.29, 0.717) is 68.9 Å². The molecule has 0 bridgehead atoms. The third-order valence-corrected chi connectivity index (χ3v) is 10.4. The van der Waals surface area contributed by atoms with E-state index < -0.39 is 23.3 Å². The number of carbonyl (C=O) groups excluding carboxylic acids is 2. The quantitative estimate of drug-likeness (QED) is 0.126. The summed E-state index contributed by atoms with van der Waals surface area (Å²) in [5, 5.41) is 2.60. The average molecular weight is 876 g/mol. The second-order valence-electron chi connectivity index (χ2n) is 14.7. The highest BCUT2D eigenvalue weighted by Crippen LogP contribution is 2.35. The van der Waals surface area contributed by atoms with Crippen molar-refractivity contribution >= 4 is 33.9 Å². The third-order valence-electron chi connectivity index (χ3n) is 10.4. The first kappa shape index (κ1) is 45.2. The van der Waals surface area contributed by atoms with E-state index in [9.17, 15) is 27.2 Å². The topological polar surface area (TPSA) is 104 Å². The van der Waals surface area contributed by atoms with Gasteiger partial charge in [-0.3, -0.25) is 9.59 Å². The van der Waals surface area contributed by atoms with E-state index in [1.165, 1.54) is 24.3 Å². The van der Waals surface area contributed by atoms with Crippen LogP contribution in [0.4, 0.5) is 17.6 Å². The molecule has 13 heteroatoms. The van der Waals surface area contributed by atoms with Crippen LogP contribution in [0.3, 0.4) is 0 Å². The van der Waals surface area contributed by atoms with Gasteiger partial charge < -0.3 is 15.1 Å². The van der Waals surface area contributed by atoms with Gasteiger partial charge in [-0.1, -0.05) is 80.4 Å². The first-order valence-electron chi connectivity index (χ1n) is 20.9. The van der Waals surface area contributed by atoms with Gasteiger partial charge in [-0.05, 0) is 67.7 Å². The van der Waals surface area contributed by atoms with E-state index in [-0.39, 0.29) is 36.6 Å². The number of hydrogen-bond donors (Lipinski definition) is 1. The number of aromatic nitrogens is 4. The molecule has 1 N–H and O–H groups in total. The number of likely N-dealkylation sites (N-methyl/N-ethyl adjacent to an activating group) is 1. The van der Waals surface area contributed by atoms with Crippen LogP contribution in [-0.4, -0.2) is 81.3 Å². The molecule has 65 heavy (non-hydrogen) atoms. The molecule has 2 amide bonds. The fraction of sp³-hybridized carbons (Fsp3) is 0.154. The lowest BCUT2D eigenvalue weighted by atomic mass is 10.0. The first-order valence-corrected chi connectivity index (χ1v) is 20.9. The van der Waals surface area contributed by atoms with Crippen molar-refractivity contribution < 1.29 is 28.6 Å². The van der Waals surface area contributed by atoms with E-state index >= 15 is 0 Å². The summed E-state index contributed by atoms with van der Waals surface area (Å²) in [4.78, 5) is 48.0. The van der Waals surface area contributed by atoms with Crippen LogP contribution in [0, 0.1) is 35.6 Å². The summed E-state index contributed by atoms with van der Waals surface area (Å²) in [7, 11) is 2.04. The van der Waals surface area contributed by atoms with Crippen LogP contribution >= 0.6 is 0 Å². The number of nitrogens with zero attached hydrogens (tertiary/aromatic N) is 6. The summed E-state index contributed by atoms with van der Waals surface area (Å²) in [6, 6.07) is 35.3. The average Bonchev–Trinajstić information content (AvgIpc) is 3.33. The monoisotopic (exact) mass is 875 g/mol. The van der Waals surface area contributed by atoms with Crippen LogP contribution < -0.4 is 5.32 Å². The molecule has 0 radical (unpaired) electrons. The number of hydrogen-bond acceptors (Lipinski definition) is 7. The van der Waals surface area contributed by atoms with Gasteiger partial charge in [0.25, 0.3) is 11.8 Å². The van der Waals surface area contributed by atoms with E-state index in [2.05, 4.69) is 31.1 Å². The van der Waals surface area contributed by atoms with Gasteiger partial charge in [0.15, 0.2) is 0 Å². The Morgan fingerprint density at radius 2 is 1.03 bits per heavy atom. The minimum absolute atomic E-state index is 0. The zero-order chi connectivity index (χ0) is 46.0. The van der Waals surface area contributed by atoms with Gasteiger partial charge in [0.1, 0.15) is 34.7 Å². The smallest absolute Gasteiger partial charge is 0.254 e. The van der Waals surface area contributed by atoms with Gasteiger partial charge in [0, 0.05) is 73.1 Å². The van der Waals surface area contributed by atoms with Gasteiger partial charge in [0.2, 0.25) is 0 Å². The van der Waals surface area contributed by atoms with Crippen LogP contribution in [0.5, 0.6) is 0 Å². The lowest BCUT2D eigenvalue weighted by Crippen LogP contribution is -2.47. The summed E-state index contributed by atoms with van der Waals surface area (Å²) in [6.45, 7) is 7.14. The number of nitrogens with one attached hydrogen (secondary N) is 1. The van der Waals surface area contributed by atoms with Gasteiger partial charge in [-0.15, -0.1) is 6.42 Å². The van der Waals surface area contributed by atoms with Crippen LogP contribution in [0.1, 0.15) is 36.0 Å². The highest BCUT2D eigenvalue weighted by atomic mass is 19.1. The van der Waals surface area contributed by atoms with Crippen molar-refractivity contribution in [3.63, 3.8) is 0 Å². The Kier molecular flexibility index (Phi) is 14.3. The zero-order valence-electron chi connectivity index (χ0n) is 35.8. The highest BCUT2D eigenvalue weighted by Gasteiger charge is 2.23. The SMILES string of the molecule is C#CCNC(=O)c1ccc2nc(-c3ccc(F)cc3F)c(-c3ccccc3)nc2c1.CC.CN1CCN(C(=O)c2ccc3nc(-c4ccc(F)cc4F)c(-c4ccccc4)nc3c2)CC1.[HH]. The Labute approximate surface area is 375 Å². The van der Waals surface area contributed by atoms with Gasteiger partial charge >= 0.3 is 0 Å². The molecular formula is C52H45F4N7O2. The predicted molar refractivity (Wildman–Crippen MR) is 249 cm³/mol. The molecule has 9 nitrogen and oxygen atoms in total. The van der Waals surface area contributed by atoms with Gasteiger partial charge in [-0.25, -0.2) is 37.5 Å². The summed E-state index contributed by atoms with van der Waals surface area (Å²) in [5.41, 5.74) is 6.22. The molecule has 0 aliphatic carbocycles. The molecule has 2 aromatic heterocycles. The Morgan fingerprint density at radius 1 is 0.585 bits per heavy atom. The number of piperazine rings is 1. The first-order chi connectivity index (χ1) is 31.6. The third kappa shape index (κ3) is 10.4. The summed E-state index contributed by atoms with van der Waals surface area (Å²) < 4.78 is 56.2. The number of benzene rings is 6. The Morgan fingerprint density at radius 3 is 1.49 bits per heavy atom. The maximum Gasteiger partial charge on any atom is 0.254 e. The molecule has 9 rings (SSSR count). The van der Waals surface area contributed by atoms with E-state index in [1.807, 2.05) is 86.5 Å². The molecule has 6 aromatic carbocycles. The van der Waals surface area contributed by atoms with Crippen molar-refractivity contribution in [2.45, 2.75) is 13.8 Å². The fourth-order valence-corrected chi connectivity index (χ4v) is 7.14. The molecule has 1 saturated heterocycles. The second-order valence-corrected chi connectivity index (χ2v) is 14.7. The molecule has 0 saturated carbocycles. The number of fused-ring (bicyclic) bond motifs is 2. The standard InChI is InChI=1S/C26H22F2N4O.C24H15F2N3O.C2H6.H2/c1-31-11-13-32(14-12-31)26(33)18-7-10-22-23(15-18)30-24(17-5-3-2-4-6-17)25(29-22)20-9-8-19(27)16-21(20)28;1-2-12-27-24(30)16-8-11-20-21(13-16)29-22(15-6-4-3-5-7-15)23(28-20)18-10-9-17(25)14-19(18)26;1-2;/h2-10,15-16H,11-14H2,1H3;1,3-11,13-14H,12H2,(H,27,30);1-2H3;1H. The number of rotatable bonds is 7. The van der Waals surface area contributed by atoms with E-state index in [0.717, 1.165) is 30.8 Å². The van der Waals surface area contributed by atoms with Crippen molar-refractivity contribution in [2.75, 3.05) is 39.8 Å². The molecule has 0 unspecified atom stereocenters. The van der Waals surface area contributed by atoms with Crippen molar-refractivity contribution in [3.05, 3.63) is 168 Å². The van der Waals surface area contributed by atoms with Gasteiger partial charge in [-0.2, -0.15) is 0 Å². The lowest BCUT2D eigenvalue weighted by molar-refractivity contribution is 0.0664. The normalized spacial score (nSPS) is 12.4. The Bertz CT molecular complexity index is 3050. The second kappa shape index (κ2) is 20.6. The number of amides is 2. The zero-order valence-corrected chi connectivity index (χ0v) is 35.8. The van der Waals surface area contributed by atoms with Crippen molar-refractivity contribution in [1.82, 2.24) is 35.1 Å². The molecule has 1 fully saturated rings. The van der Waals surface area contributed by atoms with Crippen molar-refractivity contribution in [2.24, 2.45) is 0 Å². The van der Waals surface area contributed by atoms with Crippen LogP contribution in [0.15, 0.2) is 133 Å². The van der Waals surface area contributed by atoms with E-state index in [4.69, 9.17) is 11.4 Å². The van der Waals surface area contributed by atoms with Gasteiger partial charge in [0.05, 0.1) is 40.0 Å². The summed E-state index contributed by atoms with van der Waals surface area (Å²) >= 11 is 0. The maximum absolute atomic E-state index is 14.7.